The average molecular weight is 656 g/mol. The highest BCUT2D eigenvalue weighted by Crippen LogP contribution is 2.46. The van der Waals surface area contributed by atoms with E-state index in [1.54, 1.807) is 0 Å². The third kappa shape index (κ3) is 7.80. The molecule has 0 N–H and O–H groups in total. The molecule has 0 aliphatic rings. The summed E-state index contributed by atoms with van der Waals surface area (Å²) in [7, 11) is 0. The van der Waals surface area contributed by atoms with Gasteiger partial charge in [0.05, 0.1) is 17.1 Å². The quantitative estimate of drug-likeness (QED) is 0.139. The van der Waals surface area contributed by atoms with E-state index in [0.29, 0.717) is 23.0 Å². The van der Waals surface area contributed by atoms with E-state index in [9.17, 15) is 0 Å². The van der Waals surface area contributed by atoms with Crippen molar-refractivity contribution in [2.45, 2.75) is 20.8 Å². The van der Waals surface area contributed by atoms with Gasteiger partial charge in [0.25, 0.3) is 0 Å². The lowest BCUT2D eigenvalue weighted by Crippen LogP contribution is -2.14. The van der Waals surface area contributed by atoms with Gasteiger partial charge in [-0.2, -0.15) is 0 Å². The van der Waals surface area contributed by atoms with Crippen molar-refractivity contribution in [1.82, 2.24) is 0 Å². The van der Waals surface area contributed by atoms with Gasteiger partial charge in [0.15, 0.2) is 0 Å². The molecule has 0 radical (unpaired) electrons. The van der Waals surface area contributed by atoms with Crippen LogP contribution < -0.4 is 23.8 Å². The molecule has 0 saturated heterocycles. The largest absolute Gasteiger partial charge is 0.457 e. The molecule has 5 heteroatoms. The van der Waals surface area contributed by atoms with Gasteiger partial charge < -0.3 is 23.8 Å². The van der Waals surface area contributed by atoms with Gasteiger partial charge in [-0.1, -0.05) is 90.5 Å². The smallest absolute Gasteiger partial charge is 0.133 e. The van der Waals surface area contributed by atoms with Gasteiger partial charge >= 0.3 is 0 Å². The predicted octanol–water partition coefficient (Wildman–Crippen LogP) is 13.3. The molecule has 5 nitrogen and oxygen atoms in total. The first kappa shape index (κ1) is 32.1. The maximum Gasteiger partial charge on any atom is 0.133 e. The number of ether oxygens (including phenoxy) is 4. The Morgan fingerprint density at radius 3 is 0.880 bits per heavy atom. The number of anilines is 3. The zero-order valence-electron chi connectivity index (χ0n) is 28.2. The number of hydrogen-bond donors (Lipinski definition) is 0. The summed E-state index contributed by atoms with van der Waals surface area (Å²) in [5, 5.41) is 0. The standard InChI is InChI=1S/C45H37NO4/c1-32-24-33(2)45(34(3)25-32)46(35-26-41(47-37-16-8-4-9-17-37)30-42(27-35)48-38-18-10-5-11-19-38)36-28-43(49-39-20-12-6-13-21-39)31-44(29-36)50-40-22-14-7-15-23-40/h4-31H,1-3H3. The van der Waals surface area contributed by atoms with Crippen LogP contribution in [-0.2, 0) is 0 Å². The highest BCUT2D eigenvalue weighted by atomic mass is 16.5. The van der Waals surface area contributed by atoms with E-state index in [1.807, 2.05) is 158 Å². The van der Waals surface area contributed by atoms with Crippen LogP contribution in [0.4, 0.5) is 17.1 Å². The van der Waals surface area contributed by atoms with Crippen molar-refractivity contribution in [3.8, 4) is 46.0 Å². The monoisotopic (exact) mass is 655 g/mol. The van der Waals surface area contributed by atoms with Crippen LogP contribution in [0.5, 0.6) is 46.0 Å². The molecule has 0 fully saturated rings. The Morgan fingerprint density at radius 2 is 0.600 bits per heavy atom. The third-order valence-electron chi connectivity index (χ3n) is 8.02. The van der Waals surface area contributed by atoms with Crippen LogP contribution in [-0.4, -0.2) is 0 Å². The molecule has 0 spiro atoms. The van der Waals surface area contributed by atoms with Crippen molar-refractivity contribution < 1.29 is 18.9 Å². The molecule has 0 atom stereocenters. The molecule has 50 heavy (non-hydrogen) atoms. The fraction of sp³-hybridized carbons (Fsp3) is 0.0667. The molecule has 0 bridgehead atoms. The van der Waals surface area contributed by atoms with Crippen molar-refractivity contribution in [2.24, 2.45) is 0 Å². The molecule has 0 unspecified atom stereocenters. The van der Waals surface area contributed by atoms with Crippen LogP contribution in [0.25, 0.3) is 0 Å². The molecule has 0 aliphatic carbocycles. The second kappa shape index (κ2) is 14.8. The molecule has 0 amide bonds. The van der Waals surface area contributed by atoms with E-state index in [0.717, 1.165) is 51.2 Å². The van der Waals surface area contributed by atoms with Gasteiger partial charge in [-0.15, -0.1) is 0 Å². The Hall–Kier alpha value is -6.46. The van der Waals surface area contributed by atoms with Gasteiger partial charge in [0.2, 0.25) is 0 Å². The molecule has 0 aliphatic heterocycles. The summed E-state index contributed by atoms with van der Waals surface area (Å²) in [5.41, 5.74) is 6.11. The topological polar surface area (TPSA) is 40.2 Å². The Labute approximate surface area is 293 Å². The molecule has 0 heterocycles. The molecule has 0 aromatic heterocycles. The van der Waals surface area contributed by atoms with Crippen LogP contribution in [0.2, 0.25) is 0 Å². The number of benzene rings is 7. The highest BCUT2D eigenvalue weighted by molar-refractivity contribution is 5.83. The van der Waals surface area contributed by atoms with Crippen LogP contribution in [0, 0.1) is 20.8 Å². The van der Waals surface area contributed by atoms with Gasteiger partial charge in [0, 0.05) is 36.4 Å². The zero-order valence-corrected chi connectivity index (χ0v) is 28.2. The molecule has 246 valence electrons. The second-order valence-corrected chi connectivity index (χ2v) is 12.1. The first-order valence-corrected chi connectivity index (χ1v) is 16.6. The average Bonchev–Trinajstić information content (AvgIpc) is 3.11. The van der Waals surface area contributed by atoms with Gasteiger partial charge in [-0.05, 0) is 80.4 Å². The lowest BCUT2D eigenvalue weighted by molar-refractivity contribution is 0.460. The summed E-state index contributed by atoms with van der Waals surface area (Å²) >= 11 is 0. The first-order valence-electron chi connectivity index (χ1n) is 16.6. The van der Waals surface area contributed by atoms with E-state index >= 15 is 0 Å². The lowest BCUT2D eigenvalue weighted by atomic mass is 10.0. The fourth-order valence-corrected chi connectivity index (χ4v) is 6.04. The Balaban J connectivity index is 1.43. The summed E-state index contributed by atoms with van der Waals surface area (Å²) in [6.45, 7) is 6.40. The molecular formula is C45H37NO4. The van der Waals surface area contributed by atoms with Crippen LogP contribution in [0.15, 0.2) is 170 Å². The minimum absolute atomic E-state index is 0.629. The van der Waals surface area contributed by atoms with E-state index in [1.165, 1.54) is 5.56 Å². The number of aryl methyl sites for hydroxylation is 3. The van der Waals surface area contributed by atoms with Crippen LogP contribution in [0.3, 0.4) is 0 Å². The second-order valence-electron chi connectivity index (χ2n) is 12.1. The first-order chi connectivity index (χ1) is 24.5. The summed E-state index contributed by atoms with van der Waals surface area (Å²) in [6.07, 6.45) is 0. The minimum atomic E-state index is 0.629. The molecule has 0 saturated carbocycles. The SMILES string of the molecule is Cc1cc(C)c(N(c2cc(Oc3ccccc3)cc(Oc3ccccc3)c2)c2cc(Oc3ccccc3)cc(Oc3ccccc3)c2)c(C)c1. The Morgan fingerprint density at radius 1 is 0.320 bits per heavy atom. The normalized spacial score (nSPS) is 10.7. The maximum absolute atomic E-state index is 6.45. The summed E-state index contributed by atoms with van der Waals surface area (Å²) < 4.78 is 25.8. The summed E-state index contributed by atoms with van der Waals surface area (Å²) in [5.74, 6) is 5.41. The van der Waals surface area contributed by atoms with E-state index in [4.69, 9.17) is 18.9 Å². The van der Waals surface area contributed by atoms with Crippen molar-refractivity contribution in [3.05, 3.63) is 187 Å². The van der Waals surface area contributed by atoms with E-state index in [2.05, 4.69) is 37.8 Å². The molecule has 7 rings (SSSR count). The zero-order chi connectivity index (χ0) is 34.3. The van der Waals surface area contributed by atoms with Crippen molar-refractivity contribution in [2.75, 3.05) is 4.90 Å². The Bertz CT molecular complexity index is 1910. The summed E-state index contributed by atoms with van der Waals surface area (Å²) in [4.78, 5) is 2.22. The van der Waals surface area contributed by atoms with E-state index in [-0.39, 0.29) is 0 Å². The van der Waals surface area contributed by atoms with Gasteiger partial charge in [-0.25, -0.2) is 0 Å². The number of hydrogen-bond acceptors (Lipinski definition) is 5. The Kier molecular flexibility index (Phi) is 9.47. The van der Waals surface area contributed by atoms with Gasteiger partial charge in [-0.3, -0.25) is 0 Å². The molecular weight excluding hydrogens is 618 g/mol. The number of para-hydroxylation sites is 4. The lowest BCUT2D eigenvalue weighted by Gasteiger charge is -2.30. The van der Waals surface area contributed by atoms with Crippen molar-refractivity contribution >= 4 is 17.1 Å². The number of rotatable bonds is 11. The third-order valence-corrected chi connectivity index (χ3v) is 8.02. The number of nitrogens with zero attached hydrogens (tertiary/aromatic N) is 1. The van der Waals surface area contributed by atoms with Crippen molar-refractivity contribution in [1.29, 1.82) is 0 Å². The minimum Gasteiger partial charge on any atom is -0.457 e. The van der Waals surface area contributed by atoms with E-state index < -0.39 is 0 Å². The van der Waals surface area contributed by atoms with Crippen LogP contribution in [0.1, 0.15) is 16.7 Å². The maximum atomic E-state index is 6.45. The molecule has 7 aromatic carbocycles. The van der Waals surface area contributed by atoms with Crippen molar-refractivity contribution in [3.63, 3.8) is 0 Å². The van der Waals surface area contributed by atoms with Gasteiger partial charge in [0.1, 0.15) is 46.0 Å². The molecule has 7 aromatic rings. The fourth-order valence-electron chi connectivity index (χ4n) is 6.04. The summed E-state index contributed by atoms with van der Waals surface area (Å²) in [6, 6.07) is 55.4. The highest BCUT2D eigenvalue weighted by Gasteiger charge is 2.22. The predicted molar refractivity (Wildman–Crippen MR) is 201 cm³/mol. The van der Waals surface area contributed by atoms with Crippen LogP contribution >= 0.6 is 0 Å².